The third kappa shape index (κ3) is 3.28. The van der Waals surface area contributed by atoms with Gasteiger partial charge in [-0.05, 0) is 6.07 Å². The number of methoxy groups -OCH3 is 1. The van der Waals surface area contributed by atoms with E-state index in [1.807, 2.05) is 0 Å². The lowest BCUT2D eigenvalue weighted by Crippen LogP contribution is -2.20. The smallest absolute Gasteiger partial charge is 0.422 e. The molecule has 0 bridgehead atoms. The number of benzene rings is 1. The molecule has 0 atom stereocenters. The van der Waals surface area contributed by atoms with E-state index in [2.05, 4.69) is 20.5 Å². The molecule has 0 aliphatic carbocycles. The highest BCUT2D eigenvalue weighted by molar-refractivity contribution is 5.96. The number of aromatic nitrogens is 5. The highest BCUT2D eigenvalue weighted by Crippen LogP contribution is 2.29. The minimum Gasteiger partial charge on any atom is -0.467 e. The topological polar surface area (TPSA) is 87.6 Å². The summed E-state index contributed by atoms with van der Waals surface area (Å²) >= 11 is 0. The molecule has 3 heterocycles. The van der Waals surface area contributed by atoms with Gasteiger partial charge in [-0.3, -0.25) is 0 Å². The molecule has 0 N–H and O–H groups in total. The Bertz CT molecular complexity index is 1110. The molecule has 11 heteroatoms. The van der Waals surface area contributed by atoms with Crippen molar-refractivity contribution in [2.45, 2.75) is 12.8 Å². The molecule has 3 aromatic heterocycles. The van der Waals surface area contributed by atoms with Crippen LogP contribution in [0.2, 0.25) is 0 Å². The van der Waals surface area contributed by atoms with Gasteiger partial charge in [-0.1, -0.05) is 23.4 Å². The van der Waals surface area contributed by atoms with Gasteiger partial charge in [0.1, 0.15) is 6.61 Å². The summed E-state index contributed by atoms with van der Waals surface area (Å²) in [6, 6.07) is 8.30. The van der Waals surface area contributed by atoms with E-state index in [-0.39, 0.29) is 18.3 Å². The molecule has 0 amide bonds. The second-order valence-electron chi connectivity index (χ2n) is 5.63. The molecular formula is C16H12F3N5O3. The highest BCUT2D eigenvalue weighted by atomic mass is 19.4. The minimum atomic E-state index is -4.49. The second kappa shape index (κ2) is 6.50. The van der Waals surface area contributed by atoms with Crippen LogP contribution in [0.25, 0.3) is 27.9 Å². The Hall–Kier alpha value is -3.21. The Morgan fingerprint density at radius 2 is 1.93 bits per heavy atom. The SMILES string of the molecule is COCc1cc(-c2nnc3c4ccccc4c(OCC(F)(F)F)nn23)no1. The molecular weight excluding hydrogens is 367 g/mol. The van der Waals surface area contributed by atoms with Gasteiger partial charge >= 0.3 is 6.18 Å². The van der Waals surface area contributed by atoms with Crippen LogP contribution in [0.4, 0.5) is 13.2 Å². The first-order valence-corrected chi connectivity index (χ1v) is 7.75. The van der Waals surface area contributed by atoms with Gasteiger partial charge in [0.05, 0.1) is 0 Å². The summed E-state index contributed by atoms with van der Waals surface area (Å²) in [6.45, 7) is -1.26. The zero-order chi connectivity index (χ0) is 19.0. The van der Waals surface area contributed by atoms with Gasteiger partial charge in [-0.15, -0.1) is 15.3 Å². The zero-order valence-corrected chi connectivity index (χ0v) is 13.9. The van der Waals surface area contributed by atoms with E-state index >= 15 is 0 Å². The molecule has 0 saturated heterocycles. The average Bonchev–Trinajstić information content (AvgIpc) is 3.26. The maximum absolute atomic E-state index is 12.6. The number of hydrogen-bond donors (Lipinski definition) is 0. The van der Waals surface area contributed by atoms with Crippen molar-refractivity contribution in [2.24, 2.45) is 0 Å². The predicted octanol–water partition coefficient (Wildman–Crippen LogP) is 3.02. The summed E-state index contributed by atoms with van der Waals surface area (Å²) in [4.78, 5) is 0. The normalized spacial score (nSPS) is 12.1. The number of alkyl halides is 3. The highest BCUT2D eigenvalue weighted by Gasteiger charge is 2.29. The maximum Gasteiger partial charge on any atom is 0.422 e. The Balaban J connectivity index is 1.86. The number of fused-ring (bicyclic) bond motifs is 3. The summed E-state index contributed by atoms with van der Waals surface area (Å²) in [7, 11) is 1.51. The molecule has 140 valence electrons. The average molecular weight is 379 g/mol. The van der Waals surface area contributed by atoms with E-state index in [0.717, 1.165) is 0 Å². The third-order valence-electron chi connectivity index (χ3n) is 3.68. The van der Waals surface area contributed by atoms with Crippen LogP contribution in [0.5, 0.6) is 5.88 Å². The summed E-state index contributed by atoms with van der Waals surface area (Å²) in [5.41, 5.74) is 0.676. The van der Waals surface area contributed by atoms with Crippen molar-refractivity contribution in [1.82, 2.24) is 25.0 Å². The number of hydrogen-bond acceptors (Lipinski definition) is 7. The van der Waals surface area contributed by atoms with Crippen LogP contribution < -0.4 is 4.74 Å². The van der Waals surface area contributed by atoms with Gasteiger partial charge in [-0.2, -0.15) is 17.7 Å². The molecule has 0 aliphatic rings. The van der Waals surface area contributed by atoms with Crippen molar-refractivity contribution in [3.8, 4) is 17.4 Å². The molecule has 4 aromatic rings. The van der Waals surface area contributed by atoms with Crippen molar-refractivity contribution < 1.29 is 27.2 Å². The number of halogens is 3. The van der Waals surface area contributed by atoms with Crippen molar-refractivity contribution >= 4 is 16.4 Å². The van der Waals surface area contributed by atoms with Gasteiger partial charge in [0, 0.05) is 23.9 Å². The van der Waals surface area contributed by atoms with Crippen LogP contribution in [0, 0.1) is 0 Å². The van der Waals surface area contributed by atoms with Crippen LogP contribution in [-0.2, 0) is 11.3 Å². The molecule has 1 aromatic carbocycles. The van der Waals surface area contributed by atoms with E-state index < -0.39 is 12.8 Å². The summed E-state index contributed by atoms with van der Waals surface area (Å²) in [5, 5.41) is 17.1. The second-order valence-corrected chi connectivity index (χ2v) is 5.63. The van der Waals surface area contributed by atoms with E-state index in [9.17, 15) is 13.2 Å². The van der Waals surface area contributed by atoms with Crippen LogP contribution in [0.3, 0.4) is 0 Å². The molecule has 0 radical (unpaired) electrons. The summed E-state index contributed by atoms with van der Waals surface area (Å²) in [6.07, 6.45) is -4.49. The van der Waals surface area contributed by atoms with Gasteiger partial charge in [0.25, 0.3) is 0 Å². The molecule has 0 unspecified atom stereocenters. The monoisotopic (exact) mass is 379 g/mol. The molecule has 0 spiro atoms. The van der Waals surface area contributed by atoms with Crippen molar-refractivity contribution in [3.63, 3.8) is 0 Å². The Morgan fingerprint density at radius 1 is 1.15 bits per heavy atom. The fourth-order valence-electron chi connectivity index (χ4n) is 2.60. The number of rotatable bonds is 5. The largest absolute Gasteiger partial charge is 0.467 e. The number of ether oxygens (including phenoxy) is 2. The van der Waals surface area contributed by atoms with Gasteiger partial charge < -0.3 is 14.0 Å². The van der Waals surface area contributed by atoms with Crippen LogP contribution in [-0.4, -0.2) is 44.9 Å². The third-order valence-corrected chi connectivity index (χ3v) is 3.68. The minimum absolute atomic E-state index is 0.183. The first kappa shape index (κ1) is 17.2. The number of nitrogens with zero attached hydrogens (tertiary/aromatic N) is 5. The van der Waals surface area contributed by atoms with Crippen molar-refractivity contribution in [3.05, 3.63) is 36.1 Å². The standard InChI is InChI=1S/C16H12F3N5O3/c1-25-7-9-6-12(23-27-9)14-21-20-13-10-4-2-3-5-11(10)15(22-24(13)14)26-8-16(17,18)19/h2-6H,7-8H2,1H3. The molecule has 0 saturated carbocycles. The van der Waals surface area contributed by atoms with Crippen molar-refractivity contribution in [1.29, 1.82) is 0 Å². The van der Waals surface area contributed by atoms with Crippen molar-refractivity contribution in [2.75, 3.05) is 13.7 Å². The molecule has 8 nitrogen and oxygen atoms in total. The fourth-order valence-corrected chi connectivity index (χ4v) is 2.60. The summed E-state index contributed by atoms with van der Waals surface area (Å²) in [5.74, 6) is 0.481. The molecule has 0 fully saturated rings. The first-order valence-electron chi connectivity index (χ1n) is 7.75. The van der Waals surface area contributed by atoms with E-state index in [1.165, 1.54) is 11.6 Å². The van der Waals surface area contributed by atoms with E-state index in [1.54, 1.807) is 30.3 Å². The lowest BCUT2D eigenvalue weighted by Gasteiger charge is -2.11. The van der Waals surface area contributed by atoms with Crippen LogP contribution >= 0.6 is 0 Å². The van der Waals surface area contributed by atoms with Crippen LogP contribution in [0.15, 0.2) is 34.9 Å². The van der Waals surface area contributed by atoms with Gasteiger partial charge in [0.2, 0.25) is 11.7 Å². The van der Waals surface area contributed by atoms with E-state index in [4.69, 9.17) is 14.0 Å². The van der Waals surface area contributed by atoms with E-state index in [0.29, 0.717) is 27.9 Å². The lowest BCUT2D eigenvalue weighted by molar-refractivity contribution is -0.153. The maximum atomic E-state index is 12.6. The molecule has 4 rings (SSSR count). The molecule has 27 heavy (non-hydrogen) atoms. The fraction of sp³-hybridized carbons (Fsp3) is 0.250. The predicted molar refractivity (Wildman–Crippen MR) is 86.0 cm³/mol. The first-order chi connectivity index (χ1) is 13.0. The quantitative estimate of drug-likeness (QED) is 0.527. The zero-order valence-electron chi connectivity index (χ0n) is 13.9. The van der Waals surface area contributed by atoms with Crippen LogP contribution in [0.1, 0.15) is 5.76 Å². The summed E-state index contributed by atoms with van der Waals surface area (Å²) < 4.78 is 54.1. The Morgan fingerprint density at radius 3 is 2.67 bits per heavy atom. The van der Waals surface area contributed by atoms with Gasteiger partial charge in [-0.25, -0.2) is 0 Å². The Labute approximate surface area is 149 Å². The molecule has 0 aliphatic heterocycles. The lowest BCUT2D eigenvalue weighted by atomic mass is 10.2. The van der Waals surface area contributed by atoms with Gasteiger partial charge in [0.15, 0.2) is 23.7 Å². The Kier molecular flexibility index (Phi) is 4.15.